The first kappa shape index (κ1) is 16.1. The van der Waals surface area contributed by atoms with Gasteiger partial charge in [-0.25, -0.2) is 4.90 Å². The van der Waals surface area contributed by atoms with Crippen LogP contribution in [-0.2, 0) is 19.8 Å². The summed E-state index contributed by atoms with van der Waals surface area (Å²) < 4.78 is 0. The molecule has 0 fully saturated rings. The first-order valence-electron chi connectivity index (χ1n) is 7.29. The summed E-state index contributed by atoms with van der Waals surface area (Å²) in [4.78, 5) is 35.6. The molecule has 0 saturated heterocycles. The summed E-state index contributed by atoms with van der Waals surface area (Å²) in [5.74, 6) is -0.641. The van der Waals surface area contributed by atoms with Gasteiger partial charge in [0.1, 0.15) is 6.29 Å². The van der Waals surface area contributed by atoms with Crippen LogP contribution in [0.25, 0.3) is 0 Å². The van der Waals surface area contributed by atoms with Gasteiger partial charge in [0, 0.05) is 17.6 Å². The van der Waals surface area contributed by atoms with Gasteiger partial charge in [-0.3, -0.25) is 9.59 Å². The molecule has 1 aromatic carbocycles. The predicted molar refractivity (Wildman–Crippen MR) is 85.6 cm³/mol. The molecular weight excluding hydrogens is 278 g/mol. The summed E-state index contributed by atoms with van der Waals surface area (Å²) in [6.07, 6.45) is 4.24. The molecule has 1 aliphatic rings. The fraction of sp³-hybridized carbons (Fsp3) is 0.389. The van der Waals surface area contributed by atoms with Crippen molar-refractivity contribution in [3.63, 3.8) is 0 Å². The van der Waals surface area contributed by atoms with E-state index in [0.29, 0.717) is 12.1 Å². The van der Waals surface area contributed by atoms with Crippen LogP contribution in [0.15, 0.2) is 36.4 Å². The van der Waals surface area contributed by atoms with E-state index in [1.54, 1.807) is 12.1 Å². The van der Waals surface area contributed by atoms with Gasteiger partial charge >= 0.3 is 0 Å². The second-order valence-electron chi connectivity index (χ2n) is 7.06. The molecule has 0 radical (unpaired) electrons. The fourth-order valence-electron chi connectivity index (χ4n) is 3.00. The van der Waals surface area contributed by atoms with Crippen molar-refractivity contribution in [1.29, 1.82) is 0 Å². The van der Waals surface area contributed by atoms with E-state index in [0.717, 1.165) is 16.7 Å². The Morgan fingerprint density at radius 1 is 0.955 bits per heavy atom. The standard InChI is InChI=1S/C18H21NO3/c1-17(2,12-20)11-18(3,4)13-5-7-14(8-6-13)19-15(21)9-10-16(19)22/h5-10,12H,11H2,1-4H3. The minimum absolute atomic E-state index is 0.180. The number of rotatable bonds is 5. The number of aldehydes is 1. The lowest BCUT2D eigenvalue weighted by Crippen LogP contribution is -2.30. The maximum Gasteiger partial charge on any atom is 0.258 e. The number of imide groups is 1. The summed E-state index contributed by atoms with van der Waals surface area (Å²) in [5.41, 5.74) is 1.06. The van der Waals surface area contributed by atoms with E-state index >= 15 is 0 Å². The van der Waals surface area contributed by atoms with Gasteiger partial charge < -0.3 is 4.79 Å². The highest BCUT2D eigenvalue weighted by Crippen LogP contribution is 2.36. The lowest BCUT2D eigenvalue weighted by Gasteiger charge is -2.32. The lowest BCUT2D eigenvalue weighted by molar-refractivity contribution is -0.120. The van der Waals surface area contributed by atoms with Gasteiger partial charge in [-0.1, -0.05) is 39.8 Å². The molecule has 0 saturated carbocycles. The summed E-state index contributed by atoms with van der Waals surface area (Å²) in [6.45, 7) is 8.01. The largest absolute Gasteiger partial charge is 0.303 e. The molecule has 1 aliphatic heterocycles. The number of hydrogen-bond acceptors (Lipinski definition) is 3. The molecule has 0 unspecified atom stereocenters. The van der Waals surface area contributed by atoms with Crippen LogP contribution in [0.5, 0.6) is 0 Å². The lowest BCUT2D eigenvalue weighted by atomic mass is 9.72. The maximum atomic E-state index is 11.7. The molecule has 4 heteroatoms. The molecule has 0 bridgehead atoms. The Hall–Kier alpha value is -2.23. The van der Waals surface area contributed by atoms with Gasteiger partial charge in [0.05, 0.1) is 5.69 Å². The molecule has 0 atom stereocenters. The average molecular weight is 299 g/mol. The number of carbonyl (C=O) groups is 3. The highest BCUT2D eigenvalue weighted by Gasteiger charge is 2.31. The van der Waals surface area contributed by atoms with E-state index in [1.807, 2.05) is 26.0 Å². The van der Waals surface area contributed by atoms with Gasteiger partial charge in [-0.05, 0) is 29.5 Å². The number of amides is 2. The Balaban J connectivity index is 2.23. The van der Waals surface area contributed by atoms with Crippen molar-refractivity contribution < 1.29 is 14.4 Å². The van der Waals surface area contributed by atoms with Crippen molar-refractivity contribution in [3.8, 4) is 0 Å². The molecule has 0 spiro atoms. The van der Waals surface area contributed by atoms with Crippen molar-refractivity contribution in [3.05, 3.63) is 42.0 Å². The normalized spacial score (nSPS) is 15.5. The van der Waals surface area contributed by atoms with Gasteiger partial charge in [0.15, 0.2) is 0 Å². The van der Waals surface area contributed by atoms with Crippen LogP contribution in [0.3, 0.4) is 0 Å². The molecule has 1 heterocycles. The van der Waals surface area contributed by atoms with Crippen molar-refractivity contribution >= 4 is 23.8 Å². The summed E-state index contributed by atoms with van der Waals surface area (Å²) in [5, 5.41) is 0. The Labute approximate surface area is 130 Å². The highest BCUT2D eigenvalue weighted by atomic mass is 16.2. The third-order valence-corrected chi connectivity index (χ3v) is 3.93. The van der Waals surface area contributed by atoms with E-state index in [4.69, 9.17) is 0 Å². The monoisotopic (exact) mass is 299 g/mol. The third-order valence-electron chi connectivity index (χ3n) is 3.93. The highest BCUT2D eigenvalue weighted by molar-refractivity contribution is 6.28. The molecular formula is C18H21NO3. The quantitative estimate of drug-likeness (QED) is 0.620. The first-order valence-corrected chi connectivity index (χ1v) is 7.29. The van der Waals surface area contributed by atoms with Crippen molar-refractivity contribution in [1.82, 2.24) is 0 Å². The summed E-state index contributed by atoms with van der Waals surface area (Å²) >= 11 is 0. The molecule has 116 valence electrons. The molecule has 0 N–H and O–H groups in total. The third kappa shape index (κ3) is 3.16. The van der Waals surface area contributed by atoms with Crippen LogP contribution < -0.4 is 4.90 Å². The van der Waals surface area contributed by atoms with Crippen LogP contribution in [0.1, 0.15) is 39.7 Å². The molecule has 2 amide bonds. The van der Waals surface area contributed by atoms with Crippen LogP contribution in [-0.4, -0.2) is 18.1 Å². The van der Waals surface area contributed by atoms with E-state index < -0.39 is 5.41 Å². The Morgan fingerprint density at radius 2 is 1.45 bits per heavy atom. The second kappa shape index (κ2) is 5.52. The van der Waals surface area contributed by atoms with Gasteiger partial charge in [0.2, 0.25) is 0 Å². The van der Waals surface area contributed by atoms with E-state index in [-0.39, 0.29) is 17.2 Å². The molecule has 22 heavy (non-hydrogen) atoms. The van der Waals surface area contributed by atoms with Crippen molar-refractivity contribution in [2.45, 2.75) is 39.5 Å². The van der Waals surface area contributed by atoms with Gasteiger partial charge in [-0.15, -0.1) is 0 Å². The zero-order valence-corrected chi connectivity index (χ0v) is 13.4. The minimum Gasteiger partial charge on any atom is -0.303 e. The SMILES string of the molecule is CC(C)(C=O)CC(C)(C)c1ccc(N2C(=O)C=CC2=O)cc1. The summed E-state index contributed by atoms with van der Waals surface area (Å²) in [7, 11) is 0. The molecule has 1 aromatic rings. The first-order chi connectivity index (χ1) is 10.2. The topological polar surface area (TPSA) is 54.5 Å². The van der Waals surface area contributed by atoms with Crippen LogP contribution in [0.4, 0.5) is 5.69 Å². The van der Waals surface area contributed by atoms with E-state index in [2.05, 4.69) is 13.8 Å². The van der Waals surface area contributed by atoms with Crippen molar-refractivity contribution in [2.24, 2.45) is 5.41 Å². The number of carbonyl (C=O) groups excluding carboxylic acids is 3. The second-order valence-corrected chi connectivity index (χ2v) is 7.06. The maximum absolute atomic E-state index is 11.7. The molecule has 0 aromatic heterocycles. The zero-order chi connectivity index (χ0) is 16.5. The summed E-state index contributed by atoms with van der Waals surface area (Å²) in [6, 6.07) is 7.37. The average Bonchev–Trinajstić information content (AvgIpc) is 2.77. The number of hydrogen-bond donors (Lipinski definition) is 0. The molecule has 0 aliphatic carbocycles. The Bertz CT molecular complexity index is 621. The fourth-order valence-corrected chi connectivity index (χ4v) is 3.00. The number of anilines is 1. The van der Waals surface area contributed by atoms with Crippen LogP contribution >= 0.6 is 0 Å². The van der Waals surface area contributed by atoms with Gasteiger partial charge in [0.25, 0.3) is 11.8 Å². The molecule has 2 rings (SSSR count). The van der Waals surface area contributed by atoms with E-state index in [9.17, 15) is 14.4 Å². The Kier molecular flexibility index (Phi) is 4.05. The van der Waals surface area contributed by atoms with Gasteiger partial charge in [-0.2, -0.15) is 0 Å². The molecule has 4 nitrogen and oxygen atoms in total. The Morgan fingerprint density at radius 3 is 1.91 bits per heavy atom. The zero-order valence-electron chi connectivity index (χ0n) is 13.4. The smallest absolute Gasteiger partial charge is 0.258 e. The predicted octanol–water partition coefficient (Wildman–Crippen LogP) is 3.01. The van der Waals surface area contributed by atoms with Crippen LogP contribution in [0.2, 0.25) is 0 Å². The van der Waals surface area contributed by atoms with Crippen molar-refractivity contribution in [2.75, 3.05) is 4.90 Å². The van der Waals surface area contributed by atoms with E-state index in [1.165, 1.54) is 12.2 Å². The minimum atomic E-state index is -0.396. The van der Waals surface area contributed by atoms with Crippen LogP contribution in [0, 0.1) is 5.41 Å². The number of nitrogens with zero attached hydrogens (tertiary/aromatic N) is 1. The number of benzene rings is 1.